The standard InChI is InChI=1S/C14H11NO4/c16-6-8-1-3-9-10-5-7(14(18)19)2-4-11(10)15-12(9)13(8)17/h2,4-6,15-16H,1,3H2,(H,18,19). The van der Waals surface area contributed by atoms with Crippen LogP contribution < -0.4 is 0 Å². The predicted octanol–water partition coefficient (Wildman–Crippen LogP) is 2.44. The van der Waals surface area contributed by atoms with Crippen LogP contribution in [0.4, 0.5) is 0 Å². The molecule has 1 aromatic carbocycles. The molecule has 3 N–H and O–H groups in total. The number of aromatic amines is 1. The van der Waals surface area contributed by atoms with Crippen molar-refractivity contribution in [2.24, 2.45) is 0 Å². The van der Waals surface area contributed by atoms with Gasteiger partial charge in [0.25, 0.3) is 0 Å². The molecule has 96 valence electrons. The van der Waals surface area contributed by atoms with Crippen LogP contribution in [0, 0.1) is 0 Å². The number of fused-ring (bicyclic) bond motifs is 3. The lowest BCUT2D eigenvalue weighted by Crippen LogP contribution is -2.13. The van der Waals surface area contributed by atoms with E-state index in [2.05, 4.69) is 4.98 Å². The maximum Gasteiger partial charge on any atom is 0.335 e. The van der Waals surface area contributed by atoms with E-state index in [0.29, 0.717) is 24.1 Å². The predicted molar refractivity (Wildman–Crippen MR) is 68.6 cm³/mol. The zero-order valence-electron chi connectivity index (χ0n) is 9.93. The molecule has 0 spiro atoms. The van der Waals surface area contributed by atoms with Crippen LogP contribution in [0.15, 0.2) is 30.0 Å². The molecule has 19 heavy (non-hydrogen) atoms. The number of aliphatic hydroxyl groups excluding tert-OH is 1. The number of rotatable bonds is 1. The number of hydrogen-bond acceptors (Lipinski definition) is 3. The second kappa shape index (κ2) is 3.98. The number of allylic oxidation sites excluding steroid dienone is 1. The Hall–Kier alpha value is -2.56. The third-order valence-electron chi connectivity index (χ3n) is 3.47. The first-order valence-electron chi connectivity index (χ1n) is 5.87. The van der Waals surface area contributed by atoms with Crippen molar-refractivity contribution >= 4 is 22.7 Å². The highest BCUT2D eigenvalue weighted by molar-refractivity contribution is 6.13. The van der Waals surface area contributed by atoms with E-state index < -0.39 is 5.97 Å². The normalized spacial score (nSPS) is 16.8. The fraction of sp³-hybridized carbons (Fsp3) is 0.143. The molecule has 1 aliphatic rings. The number of carboxylic acid groups (broad SMARTS) is 1. The Morgan fingerprint density at radius 2 is 2.11 bits per heavy atom. The Balaban J connectivity index is 2.24. The van der Waals surface area contributed by atoms with Crippen molar-refractivity contribution < 1.29 is 19.8 Å². The average molecular weight is 257 g/mol. The number of aliphatic hydroxyl groups is 1. The lowest BCUT2D eigenvalue weighted by atomic mass is 9.91. The van der Waals surface area contributed by atoms with Gasteiger partial charge in [0.1, 0.15) is 0 Å². The highest BCUT2D eigenvalue weighted by atomic mass is 16.4. The molecule has 1 aliphatic carbocycles. The third kappa shape index (κ3) is 1.62. The van der Waals surface area contributed by atoms with Crippen LogP contribution in [0.3, 0.4) is 0 Å². The second-order valence-electron chi connectivity index (χ2n) is 4.53. The minimum absolute atomic E-state index is 0.199. The molecule has 0 fully saturated rings. The number of nitrogens with one attached hydrogen (secondary N) is 1. The highest BCUT2D eigenvalue weighted by Crippen LogP contribution is 2.31. The third-order valence-corrected chi connectivity index (χ3v) is 3.47. The van der Waals surface area contributed by atoms with Crippen LogP contribution in [-0.4, -0.2) is 26.9 Å². The first-order chi connectivity index (χ1) is 9.11. The van der Waals surface area contributed by atoms with Gasteiger partial charge in [-0.3, -0.25) is 4.79 Å². The molecule has 0 atom stereocenters. The second-order valence-corrected chi connectivity index (χ2v) is 4.53. The van der Waals surface area contributed by atoms with Gasteiger partial charge in [0.2, 0.25) is 5.78 Å². The quantitative estimate of drug-likeness (QED) is 0.540. The van der Waals surface area contributed by atoms with Gasteiger partial charge >= 0.3 is 5.97 Å². The Labute approximate surface area is 108 Å². The molecule has 0 saturated heterocycles. The molecule has 0 aliphatic heterocycles. The molecule has 0 amide bonds. The molecule has 1 heterocycles. The summed E-state index contributed by atoms with van der Waals surface area (Å²) < 4.78 is 0. The van der Waals surface area contributed by atoms with Crippen molar-refractivity contribution in [3.05, 3.63) is 46.9 Å². The number of ketones is 1. The van der Waals surface area contributed by atoms with Crippen molar-refractivity contribution in [2.45, 2.75) is 12.8 Å². The summed E-state index contributed by atoms with van der Waals surface area (Å²) in [6.07, 6.45) is 1.92. The molecular weight excluding hydrogens is 246 g/mol. The number of hydrogen-bond donors (Lipinski definition) is 3. The maximum atomic E-state index is 12.1. The van der Waals surface area contributed by atoms with E-state index in [9.17, 15) is 9.59 Å². The van der Waals surface area contributed by atoms with Gasteiger partial charge in [-0.15, -0.1) is 0 Å². The number of H-pyrrole nitrogens is 1. The van der Waals surface area contributed by atoms with E-state index in [1.165, 1.54) is 6.07 Å². The summed E-state index contributed by atoms with van der Waals surface area (Å²) in [5.74, 6) is -1.22. The van der Waals surface area contributed by atoms with E-state index in [0.717, 1.165) is 22.7 Å². The molecule has 0 unspecified atom stereocenters. The van der Waals surface area contributed by atoms with E-state index in [4.69, 9.17) is 10.2 Å². The van der Waals surface area contributed by atoms with Crippen molar-refractivity contribution in [3.8, 4) is 0 Å². The van der Waals surface area contributed by atoms with Gasteiger partial charge < -0.3 is 15.2 Å². The topological polar surface area (TPSA) is 90.4 Å². The lowest BCUT2D eigenvalue weighted by molar-refractivity contribution is 0.0697. The van der Waals surface area contributed by atoms with Crippen molar-refractivity contribution in [1.29, 1.82) is 0 Å². The molecule has 0 radical (unpaired) electrons. The Kier molecular flexibility index (Phi) is 2.41. The van der Waals surface area contributed by atoms with Crippen LogP contribution in [0.25, 0.3) is 10.9 Å². The molecule has 0 saturated carbocycles. The van der Waals surface area contributed by atoms with Crippen LogP contribution >= 0.6 is 0 Å². The number of Topliss-reactive ketones (excluding diaryl/α,β-unsaturated/α-hetero) is 1. The number of carbonyl (C=O) groups is 2. The molecule has 3 rings (SSSR count). The largest absolute Gasteiger partial charge is 0.515 e. The summed E-state index contributed by atoms with van der Waals surface area (Å²) in [6.45, 7) is 0. The average Bonchev–Trinajstić information content (AvgIpc) is 2.78. The van der Waals surface area contributed by atoms with Crippen molar-refractivity contribution in [1.82, 2.24) is 4.98 Å². The SMILES string of the molecule is O=C(O)c1ccc2[nH]c3c(c2c1)CCC(=CO)C3=O. The fourth-order valence-corrected chi connectivity index (χ4v) is 2.49. The monoisotopic (exact) mass is 257 g/mol. The molecule has 5 nitrogen and oxygen atoms in total. The van der Waals surface area contributed by atoms with Crippen LogP contribution in [0.2, 0.25) is 0 Å². The molecule has 2 aromatic rings. The van der Waals surface area contributed by atoms with Gasteiger partial charge in [-0.25, -0.2) is 4.79 Å². The first kappa shape index (κ1) is 11.5. The smallest absolute Gasteiger partial charge is 0.335 e. The van der Waals surface area contributed by atoms with Crippen LogP contribution in [0.5, 0.6) is 0 Å². The number of aromatic nitrogens is 1. The maximum absolute atomic E-state index is 12.1. The number of aryl methyl sites for hydroxylation is 1. The Morgan fingerprint density at radius 3 is 2.79 bits per heavy atom. The fourth-order valence-electron chi connectivity index (χ4n) is 2.49. The molecule has 5 heteroatoms. The zero-order chi connectivity index (χ0) is 13.6. The summed E-state index contributed by atoms with van der Waals surface area (Å²) in [5, 5.41) is 18.8. The summed E-state index contributed by atoms with van der Waals surface area (Å²) in [6, 6.07) is 4.74. The number of carboxylic acids is 1. The van der Waals surface area contributed by atoms with Gasteiger partial charge in [-0.1, -0.05) is 0 Å². The number of aromatic carboxylic acids is 1. The van der Waals surface area contributed by atoms with Crippen LogP contribution in [0.1, 0.15) is 32.8 Å². The van der Waals surface area contributed by atoms with Gasteiger partial charge in [-0.05, 0) is 36.6 Å². The van der Waals surface area contributed by atoms with Gasteiger partial charge in [0.15, 0.2) is 0 Å². The van der Waals surface area contributed by atoms with E-state index in [-0.39, 0.29) is 11.3 Å². The van der Waals surface area contributed by atoms with E-state index in [1.54, 1.807) is 12.1 Å². The summed E-state index contributed by atoms with van der Waals surface area (Å²) in [7, 11) is 0. The van der Waals surface area contributed by atoms with Gasteiger partial charge in [0.05, 0.1) is 17.5 Å². The zero-order valence-corrected chi connectivity index (χ0v) is 9.93. The lowest BCUT2D eigenvalue weighted by Gasteiger charge is -2.12. The number of benzene rings is 1. The summed E-state index contributed by atoms with van der Waals surface area (Å²) in [4.78, 5) is 26.0. The minimum atomic E-state index is -0.991. The van der Waals surface area contributed by atoms with E-state index >= 15 is 0 Å². The molecule has 0 bridgehead atoms. The molecular formula is C14H11NO4. The minimum Gasteiger partial charge on any atom is -0.515 e. The van der Waals surface area contributed by atoms with Gasteiger partial charge in [0, 0.05) is 16.5 Å². The Morgan fingerprint density at radius 1 is 1.32 bits per heavy atom. The van der Waals surface area contributed by atoms with Gasteiger partial charge in [-0.2, -0.15) is 0 Å². The highest BCUT2D eigenvalue weighted by Gasteiger charge is 2.26. The first-order valence-corrected chi connectivity index (χ1v) is 5.87. The van der Waals surface area contributed by atoms with Crippen molar-refractivity contribution in [2.75, 3.05) is 0 Å². The Bertz CT molecular complexity index is 739. The molecule has 1 aromatic heterocycles. The summed E-state index contributed by atoms with van der Waals surface area (Å²) >= 11 is 0. The number of carbonyl (C=O) groups excluding carboxylic acids is 1. The summed E-state index contributed by atoms with van der Waals surface area (Å²) in [5.41, 5.74) is 2.59. The van der Waals surface area contributed by atoms with E-state index in [1.807, 2.05) is 0 Å². The van der Waals surface area contributed by atoms with Crippen LogP contribution in [-0.2, 0) is 6.42 Å². The van der Waals surface area contributed by atoms with Crippen molar-refractivity contribution in [3.63, 3.8) is 0 Å².